The van der Waals surface area contributed by atoms with E-state index in [0.717, 1.165) is 24.3 Å². The third-order valence-corrected chi connectivity index (χ3v) is 5.19. The Morgan fingerprint density at radius 1 is 0.903 bits per heavy atom. The molecule has 2 aliphatic heterocycles. The molecular weight excluding hydrogens is 423 g/mol. The second-order valence-corrected chi connectivity index (χ2v) is 6.83. The number of halogens is 3. The number of nitro benzene ring substituents is 1. The van der Waals surface area contributed by atoms with Gasteiger partial charge in [0, 0.05) is 23.3 Å². The molecule has 0 radical (unpaired) electrons. The SMILES string of the molecule is O=C1OC2(c3ccc(O)cc3Oc3cc(O)ccc32)c2c(F)c([N+](=O)[O-])c(F)c(F)c21. The summed E-state index contributed by atoms with van der Waals surface area (Å²) in [5.41, 5.74) is -6.35. The van der Waals surface area contributed by atoms with Gasteiger partial charge in [-0.25, -0.2) is 9.18 Å². The number of phenols is 2. The van der Waals surface area contributed by atoms with E-state index >= 15 is 4.39 Å². The Morgan fingerprint density at radius 2 is 1.45 bits per heavy atom. The number of carbonyl (C=O) groups is 1. The highest BCUT2D eigenvalue weighted by molar-refractivity contribution is 5.98. The molecule has 3 aromatic rings. The van der Waals surface area contributed by atoms with Crippen molar-refractivity contribution in [2.24, 2.45) is 0 Å². The molecule has 2 N–H and O–H groups in total. The number of nitrogens with zero attached hydrogens (tertiary/aromatic N) is 1. The Bertz CT molecular complexity index is 1300. The lowest BCUT2D eigenvalue weighted by Crippen LogP contribution is -2.34. The number of hydrogen-bond donors (Lipinski definition) is 2. The second-order valence-electron chi connectivity index (χ2n) is 6.83. The van der Waals surface area contributed by atoms with Crippen LogP contribution in [-0.2, 0) is 10.3 Å². The first-order valence-corrected chi connectivity index (χ1v) is 8.60. The van der Waals surface area contributed by atoms with Crippen LogP contribution in [0.25, 0.3) is 0 Å². The Balaban J connectivity index is 1.99. The van der Waals surface area contributed by atoms with Gasteiger partial charge in [0.05, 0.1) is 10.5 Å². The maximum absolute atomic E-state index is 15.4. The fourth-order valence-corrected chi connectivity index (χ4v) is 3.99. The van der Waals surface area contributed by atoms with Crippen LogP contribution in [0.5, 0.6) is 23.0 Å². The number of fused-ring (bicyclic) bond motifs is 6. The Kier molecular flexibility index (Phi) is 3.55. The zero-order valence-electron chi connectivity index (χ0n) is 15.0. The fourth-order valence-electron chi connectivity index (χ4n) is 3.99. The van der Waals surface area contributed by atoms with E-state index < -0.39 is 50.8 Å². The van der Waals surface area contributed by atoms with Crippen LogP contribution < -0.4 is 4.74 Å². The predicted octanol–water partition coefficient (Wildman–Crippen LogP) is 3.99. The molecular formula is C20H8F3NO7. The molecule has 0 atom stereocenters. The van der Waals surface area contributed by atoms with Crippen LogP contribution in [0.1, 0.15) is 27.0 Å². The summed E-state index contributed by atoms with van der Waals surface area (Å²) in [4.78, 5) is 22.4. The first kappa shape index (κ1) is 18.7. The molecule has 0 amide bonds. The molecule has 2 heterocycles. The molecule has 0 unspecified atom stereocenters. The van der Waals surface area contributed by atoms with Gasteiger partial charge in [-0.1, -0.05) is 0 Å². The molecule has 0 aliphatic carbocycles. The van der Waals surface area contributed by atoms with Gasteiger partial charge in [0.15, 0.2) is 11.4 Å². The quantitative estimate of drug-likeness (QED) is 0.259. The Labute approximate surface area is 169 Å². The van der Waals surface area contributed by atoms with Gasteiger partial charge >= 0.3 is 11.7 Å². The summed E-state index contributed by atoms with van der Waals surface area (Å²) in [5, 5.41) is 30.9. The Morgan fingerprint density at radius 3 is 1.97 bits per heavy atom. The van der Waals surface area contributed by atoms with Crippen molar-refractivity contribution in [3.8, 4) is 23.0 Å². The molecule has 0 aromatic heterocycles. The lowest BCUT2D eigenvalue weighted by Gasteiger charge is -2.36. The molecule has 31 heavy (non-hydrogen) atoms. The van der Waals surface area contributed by atoms with Crippen molar-refractivity contribution in [3.63, 3.8) is 0 Å². The first-order chi connectivity index (χ1) is 14.7. The number of benzene rings is 3. The van der Waals surface area contributed by atoms with Crippen molar-refractivity contribution in [2.75, 3.05) is 0 Å². The molecule has 2 aliphatic rings. The third-order valence-electron chi connectivity index (χ3n) is 5.19. The van der Waals surface area contributed by atoms with Gasteiger partial charge in [-0.15, -0.1) is 0 Å². The minimum Gasteiger partial charge on any atom is -0.508 e. The second kappa shape index (κ2) is 5.88. The van der Waals surface area contributed by atoms with Crippen LogP contribution in [-0.4, -0.2) is 21.1 Å². The van der Waals surface area contributed by atoms with E-state index in [2.05, 4.69) is 0 Å². The van der Waals surface area contributed by atoms with Crippen molar-refractivity contribution in [1.82, 2.24) is 0 Å². The van der Waals surface area contributed by atoms with E-state index in [0.29, 0.717) is 0 Å². The van der Waals surface area contributed by atoms with Crippen molar-refractivity contribution < 1.29 is 42.6 Å². The van der Waals surface area contributed by atoms with Crippen LogP contribution in [0.4, 0.5) is 18.9 Å². The van der Waals surface area contributed by atoms with Gasteiger partial charge in [0.2, 0.25) is 11.6 Å². The van der Waals surface area contributed by atoms with E-state index in [-0.39, 0.29) is 34.1 Å². The highest BCUT2D eigenvalue weighted by Crippen LogP contribution is 2.58. The number of aromatic hydroxyl groups is 2. The minimum atomic E-state index is -2.31. The molecule has 0 fully saturated rings. The summed E-state index contributed by atoms with van der Waals surface area (Å²) in [5.74, 6) is -8.24. The van der Waals surface area contributed by atoms with Gasteiger partial charge in [0.25, 0.3) is 0 Å². The normalized spacial score (nSPS) is 15.0. The molecule has 5 rings (SSSR count). The van der Waals surface area contributed by atoms with Gasteiger partial charge in [-0.2, -0.15) is 8.78 Å². The third kappa shape index (κ3) is 2.22. The summed E-state index contributed by atoms with van der Waals surface area (Å²) in [6, 6.07) is 6.84. The van der Waals surface area contributed by atoms with E-state index in [4.69, 9.17) is 9.47 Å². The van der Waals surface area contributed by atoms with Crippen LogP contribution >= 0.6 is 0 Å². The number of nitro groups is 1. The summed E-state index contributed by atoms with van der Waals surface area (Å²) in [6.07, 6.45) is 0. The highest BCUT2D eigenvalue weighted by Gasteiger charge is 2.58. The summed E-state index contributed by atoms with van der Waals surface area (Å²) in [6.45, 7) is 0. The molecule has 0 saturated heterocycles. The standard InChI is InChI=1S/C20H8F3NO7/c21-15-13-14(16(22)18(17(15)23)24(28)29)20(31-19(13)27)9-3-1-7(25)5-11(9)30-12-6-8(26)2-4-10(12)20/h1-6,25-26H. The van der Waals surface area contributed by atoms with Crippen LogP contribution in [0.15, 0.2) is 36.4 Å². The van der Waals surface area contributed by atoms with E-state index in [1.54, 1.807) is 0 Å². The summed E-state index contributed by atoms with van der Waals surface area (Å²) < 4.78 is 55.4. The highest BCUT2D eigenvalue weighted by atomic mass is 19.2. The van der Waals surface area contributed by atoms with Gasteiger partial charge in [-0.3, -0.25) is 10.1 Å². The predicted molar refractivity (Wildman–Crippen MR) is 94.6 cm³/mol. The number of ether oxygens (including phenoxy) is 2. The smallest absolute Gasteiger partial charge is 0.343 e. The van der Waals surface area contributed by atoms with E-state index in [9.17, 15) is 33.9 Å². The lowest BCUT2D eigenvalue weighted by molar-refractivity contribution is -0.390. The zero-order valence-corrected chi connectivity index (χ0v) is 15.0. The molecule has 11 heteroatoms. The maximum Gasteiger partial charge on any atom is 0.343 e. The number of phenolic OH excluding ortho intramolecular Hbond substituents is 2. The van der Waals surface area contributed by atoms with E-state index in [1.165, 1.54) is 12.1 Å². The monoisotopic (exact) mass is 431 g/mol. The Hall–Kier alpha value is -4.28. The van der Waals surface area contributed by atoms with Crippen LogP contribution in [0.3, 0.4) is 0 Å². The largest absolute Gasteiger partial charge is 0.508 e. The molecule has 3 aromatic carbocycles. The topological polar surface area (TPSA) is 119 Å². The average Bonchev–Trinajstić information content (AvgIpc) is 2.99. The zero-order chi connectivity index (χ0) is 22.2. The average molecular weight is 431 g/mol. The van der Waals surface area contributed by atoms with Gasteiger partial charge in [0.1, 0.15) is 28.6 Å². The van der Waals surface area contributed by atoms with E-state index in [1.807, 2.05) is 0 Å². The number of hydrogen-bond acceptors (Lipinski definition) is 7. The van der Waals surface area contributed by atoms with Gasteiger partial charge in [-0.05, 0) is 24.3 Å². The number of esters is 1. The van der Waals surface area contributed by atoms with Crippen molar-refractivity contribution in [1.29, 1.82) is 0 Å². The van der Waals surface area contributed by atoms with Crippen LogP contribution in [0, 0.1) is 27.6 Å². The number of rotatable bonds is 1. The lowest BCUT2D eigenvalue weighted by atomic mass is 9.77. The first-order valence-electron chi connectivity index (χ1n) is 8.60. The van der Waals surface area contributed by atoms with Crippen molar-refractivity contribution >= 4 is 11.7 Å². The van der Waals surface area contributed by atoms with Crippen molar-refractivity contribution in [2.45, 2.75) is 5.60 Å². The molecule has 0 saturated carbocycles. The van der Waals surface area contributed by atoms with Crippen molar-refractivity contribution in [3.05, 3.63) is 86.2 Å². The molecule has 0 bridgehead atoms. The summed E-state index contributed by atoms with van der Waals surface area (Å²) >= 11 is 0. The summed E-state index contributed by atoms with van der Waals surface area (Å²) in [7, 11) is 0. The van der Waals surface area contributed by atoms with Gasteiger partial charge < -0.3 is 19.7 Å². The molecule has 8 nitrogen and oxygen atoms in total. The fraction of sp³-hybridized carbons (Fsp3) is 0.0500. The number of carbonyl (C=O) groups excluding carboxylic acids is 1. The minimum absolute atomic E-state index is 0.102. The van der Waals surface area contributed by atoms with Crippen LogP contribution in [0.2, 0.25) is 0 Å². The molecule has 1 spiro atoms. The maximum atomic E-state index is 15.4. The molecule has 156 valence electrons.